The Morgan fingerprint density at radius 1 is 1.07 bits per heavy atom. The van der Waals surface area contributed by atoms with Crippen molar-refractivity contribution in [1.29, 1.82) is 0 Å². The van der Waals surface area contributed by atoms with E-state index >= 15 is 0 Å². The molecular weight excluding hydrogens is 362 g/mol. The highest BCUT2D eigenvalue weighted by Crippen LogP contribution is 2.31. The van der Waals surface area contributed by atoms with E-state index in [1.165, 1.54) is 6.07 Å². The van der Waals surface area contributed by atoms with Crippen LogP contribution in [0.25, 0.3) is 10.9 Å². The van der Waals surface area contributed by atoms with E-state index in [1.807, 2.05) is 19.1 Å². The number of nitrogens with one attached hydrogen (secondary N) is 2. The molecule has 0 atom stereocenters. The number of aryl methyl sites for hydroxylation is 1. The molecule has 4 rings (SSSR count). The van der Waals surface area contributed by atoms with Crippen molar-refractivity contribution in [3.05, 3.63) is 60.3 Å². The molecule has 1 aliphatic carbocycles. The molecule has 0 unspecified atom stereocenters. The number of nitrogens with zero attached hydrogens (tertiary/aromatic N) is 1. The monoisotopic (exact) mass is 381 g/mol. The summed E-state index contributed by atoms with van der Waals surface area (Å²) >= 11 is 0. The molecular formula is C20H19N3O3S. The maximum absolute atomic E-state index is 12.9. The Balaban J connectivity index is 1.63. The number of anilines is 2. The zero-order chi connectivity index (χ0) is 19.0. The van der Waals surface area contributed by atoms with Crippen molar-refractivity contribution in [3.63, 3.8) is 0 Å². The summed E-state index contributed by atoms with van der Waals surface area (Å²) in [5.41, 5.74) is 2.34. The van der Waals surface area contributed by atoms with Crippen LogP contribution in [0.15, 0.2) is 59.6 Å². The van der Waals surface area contributed by atoms with Gasteiger partial charge in [-0.2, -0.15) is 0 Å². The normalized spacial score (nSPS) is 14.1. The van der Waals surface area contributed by atoms with Crippen LogP contribution in [0, 0.1) is 12.8 Å². The Morgan fingerprint density at radius 3 is 2.59 bits per heavy atom. The standard InChI is InChI=1S/C20H19N3O3S/c1-13-10-15-4-2-7-18(19(15)21-12-13)27(25,26)23-17-6-3-5-16(11-17)22-20(24)14-8-9-14/h2-7,10-12,14,23H,8-9H2,1H3,(H,22,24). The minimum absolute atomic E-state index is 0.0244. The minimum atomic E-state index is -3.83. The topological polar surface area (TPSA) is 88.2 Å². The van der Waals surface area contributed by atoms with Crippen LogP contribution in [-0.2, 0) is 14.8 Å². The second-order valence-electron chi connectivity index (χ2n) is 6.79. The van der Waals surface area contributed by atoms with Crippen molar-refractivity contribution >= 4 is 38.2 Å². The zero-order valence-corrected chi connectivity index (χ0v) is 15.6. The lowest BCUT2D eigenvalue weighted by atomic mass is 10.2. The SMILES string of the molecule is Cc1cnc2c(S(=O)(=O)Nc3cccc(NC(=O)C4CC4)c3)cccc2c1. The van der Waals surface area contributed by atoms with Crippen molar-refractivity contribution in [2.45, 2.75) is 24.7 Å². The largest absolute Gasteiger partial charge is 0.326 e. The molecule has 1 saturated carbocycles. The number of fused-ring (bicyclic) bond motifs is 1. The molecule has 1 aliphatic rings. The van der Waals surface area contributed by atoms with Crippen LogP contribution in [0.1, 0.15) is 18.4 Å². The Morgan fingerprint density at radius 2 is 1.81 bits per heavy atom. The van der Waals surface area contributed by atoms with Crippen molar-refractivity contribution in [2.24, 2.45) is 5.92 Å². The van der Waals surface area contributed by atoms with Gasteiger partial charge in [0.05, 0.1) is 11.2 Å². The number of benzene rings is 2. The van der Waals surface area contributed by atoms with Crippen LogP contribution in [-0.4, -0.2) is 19.3 Å². The number of sulfonamides is 1. The van der Waals surface area contributed by atoms with Crippen molar-refractivity contribution in [3.8, 4) is 0 Å². The highest BCUT2D eigenvalue weighted by atomic mass is 32.2. The van der Waals surface area contributed by atoms with Crippen LogP contribution < -0.4 is 10.0 Å². The Hall–Kier alpha value is -2.93. The van der Waals surface area contributed by atoms with Crippen molar-refractivity contribution < 1.29 is 13.2 Å². The molecule has 138 valence electrons. The average Bonchev–Trinajstić information content (AvgIpc) is 3.46. The lowest BCUT2D eigenvalue weighted by Gasteiger charge is -2.12. The van der Waals surface area contributed by atoms with Crippen LogP contribution >= 0.6 is 0 Å². The van der Waals surface area contributed by atoms with E-state index in [9.17, 15) is 13.2 Å². The van der Waals surface area contributed by atoms with Gasteiger partial charge in [0.15, 0.2) is 0 Å². The Kier molecular flexibility index (Phi) is 4.31. The van der Waals surface area contributed by atoms with Gasteiger partial charge >= 0.3 is 0 Å². The molecule has 1 fully saturated rings. The fourth-order valence-electron chi connectivity index (χ4n) is 2.92. The fourth-order valence-corrected chi connectivity index (χ4v) is 4.15. The first-order valence-corrected chi connectivity index (χ1v) is 10.2. The smallest absolute Gasteiger partial charge is 0.264 e. The van der Waals surface area contributed by atoms with Crippen LogP contribution in [0.3, 0.4) is 0 Å². The van der Waals surface area contributed by atoms with Gasteiger partial charge in [-0.05, 0) is 55.7 Å². The van der Waals surface area contributed by atoms with Gasteiger partial charge in [-0.25, -0.2) is 8.42 Å². The summed E-state index contributed by atoms with van der Waals surface area (Å²) in [6, 6.07) is 13.7. The van der Waals surface area contributed by atoms with Gasteiger partial charge in [-0.3, -0.25) is 14.5 Å². The van der Waals surface area contributed by atoms with E-state index in [-0.39, 0.29) is 16.7 Å². The first kappa shape index (κ1) is 17.5. The molecule has 27 heavy (non-hydrogen) atoms. The van der Waals surface area contributed by atoms with E-state index < -0.39 is 10.0 Å². The molecule has 1 aromatic heterocycles. The first-order chi connectivity index (χ1) is 12.9. The lowest BCUT2D eigenvalue weighted by Crippen LogP contribution is -2.15. The van der Waals surface area contributed by atoms with Gasteiger partial charge in [0.2, 0.25) is 5.91 Å². The number of para-hydroxylation sites is 1. The van der Waals surface area contributed by atoms with Crippen LogP contribution in [0.4, 0.5) is 11.4 Å². The summed E-state index contributed by atoms with van der Waals surface area (Å²) in [6.07, 6.45) is 3.47. The van der Waals surface area contributed by atoms with Crippen LogP contribution in [0.5, 0.6) is 0 Å². The third-order valence-electron chi connectivity index (χ3n) is 4.43. The van der Waals surface area contributed by atoms with Gasteiger partial charge in [0.25, 0.3) is 10.0 Å². The summed E-state index contributed by atoms with van der Waals surface area (Å²) < 4.78 is 28.4. The maximum Gasteiger partial charge on any atom is 0.264 e. The number of carbonyl (C=O) groups is 1. The van der Waals surface area contributed by atoms with E-state index in [1.54, 1.807) is 36.5 Å². The van der Waals surface area contributed by atoms with Crippen molar-refractivity contribution in [2.75, 3.05) is 10.0 Å². The molecule has 0 saturated heterocycles. The second-order valence-corrected chi connectivity index (χ2v) is 8.44. The highest BCUT2D eigenvalue weighted by Gasteiger charge is 2.29. The molecule has 7 heteroatoms. The van der Waals surface area contributed by atoms with Gasteiger partial charge in [0.1, 0.15) is 4.90 Å². The molecule has 2 N–H and O–H groups in total. The number of pyridine rings is 1. The minimum Gasteiger partial charge on any atom is -0.326 e. The summed E-state index contributed by atoms with van der Waals surface area (Å²) in [7, 11) is -3.83. The lowest BCUT2D eigenvalue weighted by molar-refractivity contribution is -0.117. The molecule has 2 aromatic carbocycles. The first-order valence-electron chi connectivity index (χ1n) is 8.71. The number of hydrogen-bond acceptors (Lipinski definition) is 4. The fraction of sp³-hybridized carbons (Fsp3) is 0.200. The summed E-state index contributed by atoms with van der Waals surface area (Å²) in [4.78, 5) is 16.3. The van der Waals surface area contributed by atoms with Gasteiger partial charge < -0.3 is 5.32 Å². The number of amides is 1. The summed E-state index contributed by atoms with van der Waals surface area (Å²) in [6.45, 7) is 1.91. The van der Waals surface area contributed by atoms with Gasteiger partial charge in [0, 0.05) is 23.2 Å². The average molecular weight is 381 g/mol. The molecule has 0 bridgehead atoms. The Bertz CT molecular complexity index is 1140. The molecule has 6 nitrogen and oxygen atoms in total. The van der Waals surface area contributed by atoms with Gasteiger partial charge in [-0.1, -0.05) is 18.2 Å². The van der Waals surface area contributed by atoms with Gasteiger partial charge in [-0.15, -0.1) is 0 Å². The molecule has 0 aliphatic heterocycles. The zero-order valence-electron chi connectivity index (χ0n) is 14.8. The third kappa shape index (κ3) is 3.78. The number of carbonyl (C=O) groups excluding carboxylic acids is 1. The molecule has 1 amide bonds. The number of rotatable bonds is 5. The Labute approximate surface area is 157 Å². The predicted molar refractivity (Wildman–Crippen MR) is 105 cm³/mol. The number of hydrogen-bond donors (Lipinski definition) is 2. The quantitative estimate of drug-likeness (QED) is 0.705. The van der Waals surface area contributed by atoms with E-state index in [0.29, 0.717) is 16.9 Å². The highest BCUT2D eigenvalue weighted by molar-refractivity contribution is 7.93. The van der Waals surface area contributed by atoms with E-state index in [0.717, 1.165) is 23.8 Å². The molecule has 0 spiro atoms. The summed E-state index contributed by atoms with van der Waals surface area (Å²) in [5.74, 6) is 0.0548. The predicted octanol–water partition coefficient (Wildman–Crippen LogP) is 3.69. The van der Waals surface area contributed by atoms with E-state index in [2.05, 4.69) is 15.0 Å². The van der Waals surface area contributed by atoms with Crippen molar-refractivity contribution in [1.82, 2.24) is 4.98 Å². The molecule has 3 aromatic rings. The molecule has 0 radical (unpaired) electrons. The summed E-state index contributed by atoms with van der Waals surface area (Å²) in [5, 5.41) is 3.59. The third-order valence-corrected chi connectivity index (χ3v) is 5.84. The van der Waals surface area contributed by atoms with E-state index in [4.69, 9.17) is 0 Å². The molecule has 1 heterocycles. The number of aromatic nitrogens is 1. The second kappa shape index (κ2) is 6.66. The maximum atomic E-state index is 12.9. The van der Waals surface area contributed by atoms with Crippen LogP contribution in [0.2, 0.25) is 0 Å².